The predicted molar refractivity (Wildman–Crippen MR) is 131 cm³/mol. The van der Waals surface area contributed by atoms with Gasteiger partial charge in [0.2, 0.25) is 5.95 Å². The van der Waals surface area contributed by atoms with Gasteiger partial charge >= 0.3 is 0 Å². The van der Waals surface area contributed by atoms with Gasteiger partial charge in [-0.1, -0.05) is 19.9 Å². The van der Waals surface area contributed by atoms with Crippen LogP contribution >= 0.6 is 12.2 Å². The summed E-state index contributed by atoms with van der Waals surface area (Å²) in [7, 11) is 0. The van der Waals surface area contributed by atoms with Gasteiger partial charge in [-0.3, -0.25) is 4.98 Å². The van der Waals surface area contributed by atoms with Crippen LogP contribution in [0.1, 0.15) is 45.1 Å². The minimum absolute atomic E-state index is 0.520. The van der Waals surface area contributed by atoms with E-state index in [-0.39, 0.29) is 0 Å². The highest BCUT2D eigenvalue weighted by Crippen LogP contribution is 2.28. The van der Waals surface area contributed by atoms with Crippen molar-refractivity contribution in [1.82, 2.24) is 20.3 Å². The number of hydrogen-bond acceptors (Lipinski definition) is 6. The number of nitrogens with one attached hydrogen (secondary N) is 2. The molecule has 2 fully saturated rings. The van der Waals surface area contributed by atoms with Crippen molar-refractivity contribution in [3.05, 3.63) is 36.2 Å². The Morgan fingerprint density at radius 2 is 1.84 bits per heavy atom. The molecule has 2 aliphatic heterocycles. The van der Waals surface area contributed by atoms with Crippen LogP contribution in [0.5, 0.6) is 0 Å². The molecular formula is C23H33N7S. The summed E-state index contributed by atoms with van der Waals surface area (Å²) >= 11 is 5.52. The van der Waals surface area contributed by atoms with E-state index in [4.69, 9.17) is 22.2 Å². The molecule has 0 spiro atoms. The van der Waals surface area contributed by atoms with E-state index in [2.05, 4.69) is 45.3 Å². The van der Waals surface area contributed by atoms with Crippen LogP contribution in [0.15, 0.2) is 30.6 Å². The summed E-state index contributed by atoms with van der Waals surface area (Å²) in [5, 5.41) is 6.97. The normalized spacial score (nSPS) is 19.9. The average molecular weight is 440 g/mol. The van der Waals surface area contributed by atoms with E-state index in [1.54, 1.807) is 6.20 Å². The van der Waals surface area contributed by atoms with Crippen molar-refractivity contribution in [2.24, 2.45) is 11.8 Å². The molecule has 0 amide bonds. The van der Waals surface area contributed by atoms with Crippen LogP contribution in [0.25, 0.3) is 0 Å². The Bertz CT molecular complexity index is 867. The maximum atomic E-state index is 5.52. The fourth-order valence-electron chi connectivity index (χ4n) is 4.27. The lowest BCUT2D eigenvalue weighted by Gasteiger charge is -2.34. The van der Waals surface area contributed by atoms with Gasteiger partial charge in [0.25, 0.3) is 0 Å². The first kappa shape index (κ1) is 21.7. The zero-order chi connectivity index (χ0) is 21.6. The molecule has 2 aromatic rings. The second-order valence-electron chi connectivity index (χ2n) is 8.94. The van der Waals surface area contributed by atoms with Crippen molar-refractivity contribution in [1.29, 1.82) is 0 Å². The number of piperidine rings is 2. The van der Waals surface area contributed by atoms with E-state index >= 15 is 0 Å². The van der Waals surface area contributed by atoms with E-state index in [9.17, 15) is 0 Å². The monoisotopic (exact) mass is 439 g/mol. The fourth-order valence-corrected chi connectivity index (χ4v) is 4.43. The third-order valence-electron chi connectivity index (χ3n) is 6.19. The molecule has 2 aromatic heterocycles. The first-order valence-electron chi connectivity index (χ1n) is 11.4. The lowest BCUT2D eigenvalue weighted by Crippen LogP contribution is -2.37. The Balaban J connectivity index is 1.50. The van der Waals surface area contributed by atoms with Crippen LogP contribution in [-0.4, -0.2) is 46.2 Å². The van der Waals surface area contributed by atoms with Gasteiger partial charge in [0.1, 0.15) is 11.6 Å². The number of anilines is 3. The molecule has 8 heteroatoms. The summed E-state index contributed by atoms with van der Waals surface area (Å²) in [6, 6.07) is 6.10. The second kappa shape index (κ2) is 10.2. The number of thiocarbonyl (C=S) groups is 1. The zero-order valence-corrected chi connectivity index (χ0v) is 19.4. The number of nitrogens with zero attached hydrogens (tertiary/aromatic N) is 5. The molecule has 4 rings (SSSR count). The molecule has 7 nitrogen and oxygen atoms in total. The summed E-state index contributed by atoms with van der Waals surface area (Å²) in [6.45, 7) is 9.42. The summed E-state index contributed by atoms with van der Waals surface area (Å²) < 4.78 is 0. The van der Waals surface area contributed by atoms with Gasteiger partial charge in [0.15, 0.2) is 5.11 Å². The molecule has 166 valence electrons. The van der Waals surface area contributed by atoms with Gasteiger partial charge in [0.05, 0.1) is 0 Å². The SMILES string of the molecule is CC1CCN(c2cc(N3CCCC(C)C3)nc(NC(=S)NCc3cccnc3)n2)CC1. The highest BCUT2D eigenvalue weighted by Gasteiger charge is 2.22. The number of rotatable bonds is 5. The Hall–Kier alpha value is -2.48. The van der Waals surface area contributed by atoms with E-state index in [1.807, 2.05) is 18.3 Å². The maximum Gasteiger partial charge on any atom is 0.232 e. The quantitative estimate of drug-likeness (QED) is 0.682. The lowest BCUT2D eigenvalue weighted by molar-refractivity contribution is 0.435. The van der Waals surface area contributed by atoms with Crippen molar-refractivity contribution in [2.45, 2.75) is 46.1 Å². The minimum atomic E-state index is 0.520. The molecule has 0 bridgehead atoms. The molecule has 2 aliphatic rings. The van der Waals surface area contributed by atoms with E-state index in [0.717, 1.165) is 49.3 Å². The molecule has 2 saturated heterocycles. The van der Waals surface area contributed by atoms with Crippen LogP contribution in [-0.2, 0) is 6.54 Å². The van der Waals surface area contributed by atoms with E-state index in [1.165, 1.54) is 25.7 Å². The van der Waals surface area contributed by atoms with Crippen molar-refractivity contribution >= 4 is 34.9 Å². The summed E-state index contributed by atoms with van der Waals surface area (Å²) in [5.74, 6) is 4.01. The maximum absolute atomic E-state index is 5.52. The van der Waals surface area contributed by atoms with Gasteiger partial charge in [-0.25, -0.2) is 0 Å². The smallest absolute Gasteiger partial charge is 0.232 e. The first-order chi connectivity index (χ1) is 15.1. The molecule has 1 unspecified atom stereocenters. The summed E-state index contributed by atoms with van der Waals surface area (Å²) in [4.78, 5) is 18.6. The molecule has 0 saturated carbocycles. The third kappa shape index (κ3) is 6.03. The Labute approximate surface area is 190 Å². The molecule has 0 aromatic carbocycles. The van der Waals surface area contributed by atoms with Crippen LogP contribution < -0.4 is 20.4 Å². The third-order valence-corrected chi connectivity index (χ3v) is 6.44. The zero-order valence-electron chi connectivity index (χ0n) is 18.5. The van der Waals surface area contributed by atoms with Gasteiger partial charge in [0, 0.05) is 51.2 Å². The first-order valence-corrected chi connectivity index (χ1v) is 11.8. The van der Waals surface area contributed by atoms with Gasteiger partial charge < -0.3 is 20.4 Å². The standard InChI is InChI=1S/C23H33N7S/c1-17-7-11-29(12-8-17)20-13-21(30-10-4-5-18(2)16-30)27-22(26-20)28-23(31)25-15-19-6-3-9-24-14-19/h3,6,9,13-14,17-18H,4-5,7-8,10-12,15-16H2,1-2H3,(H2,25,26,27,28,31). The van der Waals surface area contributed by atoms with Crippen molar-refractivity contribution < 1.29 is 0 Å². The number of hydrogen-bond donors (Lipinski definition) is 2. The van der Waals surface area contributed by atoms with Crippen molar-refractivity contribution in [3.63, 3.8) is 0 Å². The van der Waals surface area contributed by atoms with Crippen LogP contribution in [0.2, 0.25) is 0 Å². The van der Waals surface area contributed by atoms with E-state index in [0.29, 0.717) is 23.5 Å². The minimum Gasteiger partial charge on any atom is -0.358 e. The summed E-state index contributed by atoms with van der Waals surface area (Å²) in [6.07, 6.45) is 8.49. The number of aromatic nitrogens is 3. The Morgan fingerprint density at radius 1 is 1.06 bits per heavy atom. The average Bonchev–Trinajstić information content (AvgIpc) is 2.79. The van der Waals surface area contributed by atoms with Crippen molar-refractivity contribution in [3.8, 4) is 0 Å². The largest absolute Gasteiger partial charge is 0.358 e. The second-order valence-corrected chi connectivity index (χ2v) is 9.35. The highest BCUT2D eigenvalue weighted by atomic mass is 32.1. The topological polar surface area (TPSA) is 69.2 Å². The van der Waals surface area contributed by atoms with Gasteiger partial charge in [-0.05, 0) is 61.4 Å². The van der Waals surface area contributed by atoms with Crippen LogP contribution in [0.4, 0.5) is 17.6 Å². The Morgan fingerprint density at radius 3 is 2.55 bits per heavy atom. The lowest BCUT2D eigenvalue weighted by atomic mass is 9.99. The van der Waals surface area contributed by atoms with Crippen LogP contribution in [0.3, 0.4) is 0 Å². The van der Waals surface area contributed by atoms with Gasteiger partial charge in [-0.15, -0.1) is 0 Å². The molecular weight excluding hydrogens is 406 g/mol. The van der Waals surface area contributed by atoms with Gasteiger partial charge in [-0.2, -0.15) is 9.97 Å². The number of pyridine rings is 1. The highest BCUT2D eigenvalue weighted by molar-refractivity contribution is 7.80. The predicted octanol–water partition coefficient (Wildman–Crippen LogP) is 3.83. The van der Waals surface area contributed by atoms with E-state index < -0.39 is 0 Å². The molecule has 2 N–H and O–H groups in total. The molecule has 0 radical (unpaired) electrons. The van der Waals surface area contributed by atoms with Crippen LogP contribution in [0, 0.1) is 11.8 Å². The molecule has 1 atom stereocenters. The molecule has 0 aliphatic carbocycles. The fraction of sp³-hybridized carbons (Fsp3) is 0.565. The molecule has 4 heterocycles. The summed E-state index contributed by atoms with van der Waals surface area (Å²) in [5.41, 5.74) is 1.08. The molecule has 31 heavy (non-hydrogen) atoms. The Kier molecular flexibility index (Phi) is 7.17. The van der Waals surface area contributed by atoms with Crippen molar-refractivity contribution in [2.75, 3.05) is 41.3 Å².